The standard InChI is InChI=1S/C12H17FN2O/c1-9(5-6-14)8-15-12(16)10-3-2-4-11(13)7-10/h2-4,7,9H,5-6,8,14H2,1H3,(H,15,16). The van der Waals surface area contributed by atoms with E-state index in [0.717, 1.165) is 6.42 Å². The summed E-state index contributed by atoms with van der Waals surface area (Å²) in [5.74, 6) is -0.312. The Morgan fingerprint density at radius 2 is 2.31 bits per heavy atom. The second-order valence-electron chi connectivity index (χ2n) is 3.90. The highest BCUT2D eigenvalue weighted by atomic mass is 19.1. The predicted molar refractivity (Wildman–Crippen MR) is 61.6 cm³/mol. The van der Waals surface area contributed by atoms with Gasteiger partial charge in [-0.3, -0.25) is 4.79 Å². The third-order valence-electron chi connectivity index (χ3n) is 2.36. The SMILES string of the molecule is CC(CCN)CNC(=O)c1cccc(F)c1. The summed E-state index contributed by atoms with van der Waals surface area (Å²) in [5.41, 5.74) is 5.75. The second kappa shape index (κ2) is 6.23. The molecule has 3 nitrogen and oxygen atoms in total. The van der Waals surface area contributed by atoms with E-state index in [-0.39, 0.29) is 5.91 Å². The third-order valence-corrected chi connectivity index (χ3v) is 2.36. The molecule has 1 aromatic rings. The summed E-state index contributed by atoms with van der Waals surface area (Å²) in [7, 11) is 0. The van der Waals surface area contributed by atoms with Gasteiger partial charge in [-0.25, -0.2) is 4.39 Å². The highest BCUT2D eigenvalue weighted by Crippen LogP contribution is 2.04. The number of nitrogens with two attached hydrogens (primary N) is 1. The van der Waals surface area contributed by atoms with Gasteiger partial charge in [0.2, 0.25) is 0 Å². The van der Waals surface area contributed by atoms with Crippen LogP contribution in [0.2, 0.25) is 0 Å². The van der Waals surface area contributed by atoms with E-state index in [1.54, 1.807) is 6.07 Å². The number of carbonyl (C=O) groups excluding carboxylic acids is 1. The first-order valence-electron chi connectivity index (χ1n) is 5.37. The fourth-order valence-electron chi connectivity index (χ4n) is 1.39. The number of hydrogen-bond donors (Lipinski definition) is 2. The molecule has 4 heteroatoms. The van der Waals surface area contributed by atoms with Crippen molar-refractivity contribution in [3.63, 3.8) is 0 Å². The number of halogens is 1. The number of amides is 1. The summed E-state index contributed by atoms with van der Waals surface area (Å²) in [6, 6.07) is 5.65. The first-order chi connectivity index (χ1) is 7.63. The molecule has 1 amide bonds. The van der Waals surface area contributed by atoms with Crippen LogP contribution >= 0.6 is 0 Å². The van der Waals surface area contributed by atoms with Crippen molar-refractivity contribution >= 4 is 5.91 Å². The monoisotopic (exact) mass is 224 g/mol. The van der Waals surface area contributed by atoms with Crippen molar-refractivity contribution in [3.05, 3.63) is 35.6 Å². The highest BCUT2D eigenvalue weighted by molar-refractivity contribution is 5.94. The topological polar surface area (TPSA) is 55.1 Å². The Morgan fingerprint density at radius 3 is 2.94 bits per heavy atom. The molecule has 0 spiro atoms. The Kier molecular flexibility index (Phi) is 4.92. The quantitative estimate of drug-likeness (QED) is 0.797. The molecule has 0 saturated heterocycles. The summed E-state index contributed by atoms with van der Waals surface area (Å²) in [6.07, 6.45) is 0.865. The van der Waals surface area contributed by atoms with E-state index >= 15 is 0 Å². The predicted octanol–water partition coefficient (Wildman–Crippen LogP) is 1.54. The first-order valence-corrected chi connectivity index (χ1v) is 5.37. The van der Waals surface area contributed by atoms with Crippen LogP contribution in [-0.4, -0.2) is 19.0 Å². The molecule has 16 heavy (non-hydrogen) atoms. The van der Waals surface area contributed by atoms with Gasteiger partial charge in [-0.2, -0.15) is 0 Å². The third kappa shape index (κ3) is 3.98. The largest absolute Gasteiger partial charge is 0.352 e. The van der Waals surface area contributed by atoms with Crippen molar-refractivity contribution in [2.24, 2.45) is 11.7 Å². The summed E-state index contributed by atoms with van der Waals surface area (Å²) in [5, 5.41) is 2.75. The fraction of sp³-hybridized carbons (Fsp3) is 0.417. The van der Waals surface area contributed by atoms with Crippen molar-refractivity contribution in [2.45, 2.75) is 13.3 Å². The lowest BCUT2D eigenvalue weighted by Gasteiger charge is -2.11. The van der Waals surface area contributed by atoms with Crippen LogP contribution in [0.5, 0.6) is 0 Å². The molecular weight excluding hydrogens is 207 g/mol. The molecule has 0 fully saturated rings. The molecule has 0 radical (unpaired) electrons. The first kappa shape index (κ1) is 12.6. The lowest BCUT2D eigenvalue weighted by Crippen LogP contribution is -2.29. The van der Waals surface area contributed by atoms with E-state index < -0.39 is 5.82 Å². The van der Waals surface area contributed by atoms with Gasteiger partial charge < -0.3 is 11.1 Å². The zero-order valence-electron chi connectivity index (χ0n) is 9.37. The minimum absolute atomic E-state index is 0.247. The Bertz CT molecular complexity index is 355. The molecule has 0 aromatic heterocycles. The number of benzene rings is 1. The maximum absolute atomic E-state index is 12.9. The van der Waals surface area contributed by atoms with E-state index in [0.29, 0.717) is 24.6 Å². The molecule has 0 aliphatic rings. The van der Waals surface area contributed by atoms with E-state index in [1.165, 1.54) is 18.2 Å². The van der Waals surface area contributed by atoms with E-state index in [4.69, 9.17) is 5.73 Å². The van der Waals surface area contributed by atoms with E-state index in [9.17, 15) is 9.18 Å². The van der Waals surface area contributed by atoms with Crippen LogP contribution in [0.3, 0.4) is 0 Å². The van der Waals surface area contributed by atoms with Crippen LogP contribution < -0.4 is 11.1 Å². The molecule has 1 aromatic carbocycles. The summed E-state index contributed by atoms with van der Waals surface area (Å²) < 4.78 is 12.9. The Labute approximate surface area is 94.8 Å². The van der Waals surface area contributed by atoms with Crippen LogP contribution in [-0.2, 0) is 0 Å². The van der Waals surface area contributed by atoms with Crippen molar-refractivity contribution in [2.75, 3.05) is 13.1 Å². The van der Waals surface area contributed by atoms with Crippen molar-refractivity contribution in [1.82, 2.24) is 5.32 Å². The zero-order valence-corrected chi connectivity index (χ0v) is 9.37. The summed E-state index contributed by atoms with van der Waals surface area (Å²) >= 11 is 0. The molecule has 0 aliphatic heterocycles. The van der Waals surface area contributed by atoms with Crippen molar-refractivity contribution < 1.29 is 9.18 Å². The average Bonchev–Trinajstić information content (AvgIpc) is 2.26. The molecule has 1 rings (SSSR count). The van der Waals surface area contributed by atoms with Gasteiger partial charge in [0.1, 0.15) is 5.82 Å². The van der Waals surface area contributed by atoms with Gasteiger partial charge >= 0.3 is 0 Å². The van der Waals surface area contributed by atoms with Crippen LogP contribution in [0.25, 0.3) is 0 Å². The lowest BCUT2D eigenvalue weighted by atomic mass is 10.1. The van der Waals surface area contributed by atoms with Crippen LogP contribution in [0, 0.1) is 11.7 Å². The molecular formula is C12H17FN2O. The van der Waals surface area contributed by atoms with Crippen LogP contribution in [0.15, 0.2) is 24.3 Å². The zero-order chi connectivity index (χ0) is 12.0. The molecule has 3 N–H and O–H groups in total. The van der Waals surface area contributed by atoms with Gasteiger partial charge in [0, 0.05) is 12.1 Å². The minimum Gasteiger partial charge on any atom is -0.352 e. The summed E-state index contributed by atoms with van der Waals surface area (Å²) in [4.78, 5) is 11.6. The van der Waals surface area contributed by atoms with Crippen molar-refractivity contribution in [1.29, 1.82) is 0 Å². The van der Waals surface area contributed by atoms with Gasteiger partial charge in [0.25, 0.3) is 5.91 Å². The van der Waals surface area contributed by atoms with Crippen LogP contribution in [0.1, 0.15) is 23.7 Å². The van der Waals surface area contributed by atoms with Gasteiger partial charge in [-0.05, 0) is 37.1 Å². The Hall–Kier alpha value is -1.42. The highest BCUT2D eigenvalue weighted by Gasteiger charge is 2.07. The van der Waals surface area contributed by atoms with Crippen molar-refractivity contribution in [3.8, 4) is 0 Å². The molecule has 0 saturated carbocycles. The van der Waals surface area contributed by atoms with Gasteiger partial charge in [-0.15, -0.1) is 0 Å². The van der Waals surface area contributed by atoms with Crippen LogP contribution in [0.4, 0.5) is 4.39 Å². The van der Waals surface area contributed by atoms with Gasteiger partial charge in [0.05, 0.1) is 0 Å². The number of hydrogen-bond acceptors (Lipinski definition) is 2. The van der Waals surface area contributed by atoms with E-state index in [1.807, 2.05) is 6.92 Å². The average molecular weight is 224 g/mol. The Morgan fingerprint density at radius 1 is 1.56 bits per heavy atom. The minimum atomic E-state index is -0.400. The molecule has 0 aliphatic carbocycles. The Balaban J connectivity index is 2.47. The fourth-order valence-corrected chi connectivity index (χ4v) is 1.39. The lowest BCUT2D eigenvalue weighted by molar-refractivity contribution is 0.0947. The molecule has 88 valence electrons. The van der Waals surface area contributed by atoms with E-state index in [2.05, 4.69) is 5.32 Å². The molecule has 0 bridgehead atoms. The maximum Gasteiger partial charge on any atom is 0.251 e. The smallest absolute Gasteiger partial charge is 0.251 e. The summed E-state index contributed by atoms with van der Waals surface area (Å²) in [6.45, 7) is 3.18. The maximum atomic E-state index is 12.9. The van der Waals surface area contributed by atoms with Gasteiger partial charge in [0.15, 0.2) is 0 Å². The number of carbonyl (C=O) groups is 1. The number of nitrogens with one attached hydrogen (secondary N) is 1. The second-order valence-corrected chi connectivity index (χ2v) is 3.90. The normalized spacial score (nSPS) is 12.2. The van der Waals surface area contributed by atoms with Gasteiger partial charge in [-0.1, -0.05) is 13.0 Å². The molecule has 0 heterocycles. The molecule has 1 atom stereocenters. The number of rotatable bonds is 5. The molecule has 1 unspecified atom stereocenters.